The monoisotopic (exact) mass is 257 g/mol. The molecule has 1 aromatic heterocycles. The maximum absolute atomic E-state index is 11.5. The van der Waals surface area contributed by atoms with Crippen molar-refractivity contribution in [3.63, 3.8) is 0 Å². The van der Waals surface area contributed by atoms with Crippen LogP contribution in [0.1, 0.15) is 23.8 Å². The molecular formula is C10H12ClN3O3. The summed E-state index contributed by atoms with van der Waals surface area (Å²) in [5.41, 5.74) is 0.150. The molecule has 1 atom stereocenters. The number of nitrogens with one attached hydrogen (secondary N) is 1. The first-order valence-corrected chi connectivity index (χ1v) is 5.36. The molecule has 0 aromatic carbocycles. The molecule has 6 nitrogen and oxygen atoms in total. The fourth-order valence-corrected chi connectivity index (χ4v) is 1.27. The van der Waals surface area contributed by atoms with Crippen molar-refractivity contribution in [2.24, 2.45) is 5.92 Å². The summed E-state index contributed by atoms with van der Waals surface area (Å²) in [6.45, 7) is 2.01. The summed E-state index contributed by atoms with van der Waals surface area (Å²) in [7, 11) is 0. The number of carbonyl (C=O) groups is 2. The SMILES string of the molecule is CC(CNC(=O)c1ccc(Cl)nn1)CC(=O)O. The number of carboxylic acids is 1. The van der Waals surface area contributed by atoms with Gasteiger partial charge in [-0.25, -0.2) is 0 Å². The second-order valence-electron chi connectivity index (χ2n) is 3.65. The van der Waals surface area contributed by atoms with E-state index in [9.17, 15) is 9.59 Å². The van der Waals surface area contributed by atoms with Crippen LogP contribution in [0.15, 0.2) is 12.1 Å². The first kappa shape index (κ1) is 13.4. The molecule has 7 heteroatoms. The van der Waals surface area contributed by atoms with E-state index >= 15 is 0 Å². The fourth-order valence-electron chi connectivity index (χ4n) is 1.16. The summed E-state index contributed by atoms with van der Waals surface area (Å²) in [6.07, 6.45) is 0.00652. The average Bonchev–Trinajstić information content (AvgIpc) is 2.26. The lowest BCUT2D eigenvalue weighted by Gasteiger charge is -2.09. The van der Waals surface area contributed by atoms with Crippen molar-refractivity contribution < 1.29 is 14.7 Å². The zero-order valence-corrected chi connectivity index (χ0v) is 9.94. The number of nitrogens with zero attached hydrogens (tertiary/aromatic N) is 2. The Morgan fingerprint density at radius 2 is 2.18 bits per heavy atom. The molecule has 92 valence electrons. The van der Waals surface area contributed by atoms with Gasteiger partial charge in [-0.15, -0.1) is 10.2 Å². The lowest BCUT2D eigenvalue weighted by atomic mass is 10.1. The van der Waals surface area contributed by atoms with Crippen molar-refractivity contribution in [3.8, 4) is 0 Å². The van der Waals surface area contributed by atoms with Crippen LogP contribution in [0.25, 0.3) is 0 Å². The molecule has 1 heterocycles. The molecule has 1 rings (SSSR count). The van der Waals surface area contributed by atoms with Crippen LogP contribution in [0.2, 0.25) is 5.15 Å². The molecule has 0 aliphatic carbocycles. The molecule has 1 aromatic rings. The Morgan fingerprint density at radius 1 is 1.47 bits per heavy atom. The van der Waals surface area contributed by atoms with Gasteiger partial charge in [0.05, 0.1) is 0 Å². The van der Waals surface area contributed by atoms with Crippen molar-refractivity contribution in [3.05, 3.63) is 23.0 Å². The number of carboxylic acid groups (broad SMARTS) is 1. The number of hydrogen-bond acceptors (Lipinski definition) is 4. The number of aromatic nitrogens is 2. The largest absolute Gasteiger partial charge is 0.481 e. The minimum absolute atomic E-state index is 0.00652. The number of rotatable bonds is 5. The quantitative estimate of drug-likeness (QED) is 0.820. The molecule has 2 N–H and O–H groups in total. The highest BCUT2D eigenvalue weighted by atomic mass is 35.5. The van der Waals surface area contributed by atoms with Crippen LogP contribution in [-0.2, 0) is 4.79 Å². The van der Waals surface area contributed by atoms with Gasteiger partial charge in [-0.3, -0.25) is 9.59 Å². The summed E-state index contributed by atoms with van der Waals surface area (Å²) in [4.78, 5) is 22.0. The molecule has 1 amide bonds. The third-order valence-electron chi connectivity index (χ3n) is 2.00. The molecule has 0 aliphatic rings. The van der Waals surface area contributed by atoms with Crippen LogP contribution in [0.4, 0.5) is 0 Å². The molecule has 0 bridgehead atoms. The smallest absolute Gasteiger partial charge is 0.303 e. The Balaban J connectivity index is 2.44. The second kappa shape index (κ2) is 6.15. The van der Waals surface area contributed by atoms with E-state index in [1.54, 1.807) is 6.92 Å². The molecule has 17 heavy (non-hydrogen) atoms. The van der Waals surface area contributed by atoms with E-state index in [-0.39, 0.29) is 29.7 Å². The molecule has 0 radical (unpaired) electrons. The Bertz CT molecular complexity index is 408. The lowest BCUT2D eigenvalue weighted by Crippen LogP contribution is -2.29. The van der Waals surface area contributed by atoms with Crippen molar-refractivity contribution in [2.75, 3.05) is 6.54 Å². The number of hydrogen-bond donors (Lipinski definition) is 2. The van der Waals surface area contributed by atoms with Crippen LogP contribution in [0, 0.1) is 5.92 Å². The zero-order chi connectivity index (χ0) is 12.8. The Hall–Kier alpha value is -1.69. The minimum Gasteiger partial charge on any atom is -0.481 e. The van der Waals surface area contributed by atoms with E-state index < -0.39 is 11.9 Å². The molecule has 0 spiro atoms. The summed E-state index contributed by atoms with van der Waals surface area (Å²) < 4.78 is 0. The zero-order valence-electron chi connectivity index (χ0n) is 9.18. The van der Waals surface area contributed by atoms with E-state index in [0.717, 1.165) is 0 Å². The van der Waals surface area contributed by atoms with Crippen LogP contribution in [0.3, 0.4) is 0 Å². The predicted octanol–water partition coefficient (Wildman–Crippen LogP) is 0.971. The van der Waals surface area contributed by atoms with Gasteiger partial charge in [0, 0.05) is 13.0 Å². The van der Waals surface area contributed by atoms with Crippen molar-refractivity contribution in [2.45, 2.75) is 13.3 Å². The van der Waals surface area contributed by atoms with Crippen molar-refractivity contribution in [1.82, 2.24) is 15.5 Å². The van der Waals surface area contributed by atoms with E-state index in [1.165, 1.54) is 12.1 Å². The summed E-state index contributed by atoms with van der Waals surface area (Å²) in [5, 5.41) is 18.5. The van der Waals surface area contributed by atoms with Gasteiger partial charge in [0.2, 0.25) is 0 Å². The first-order valence-electron chi connectivity index (χ1n) is 4.98. The molecule has 1 unspecified atom stereocenters. The third-order valence-corrected chi connectivity index (χ3v) is 2.20. The molecule has 0 saturated heterocycles. The molecular weight excluding hydrogens is 246 g/mol. The van der Waals surface area contributed by atoms with Crippen molar-refractivity contribution in [1.29, 1.82) is 0 Å². The van der Waals surface area contributed by atoms with Crippen LogP contribution >= 0.6 is 11.6 Å². The number of amides is 1. The number of aliphatic carboxylic acids is 1. The van der Waals surface area contributed by atoms with Gasteiger partial charge in [-0.05, 0) is 18.1 Å². The van der Waals surface area contributed by atoms with Crippen molar-refractivity contribution >= 4 is 23.5 Å². The van der Waals surface area contributed by atoms with Gasteiger partial charge < -0.3 is 10.4 Å². The number of halogens is 1. The van der Waals surface area contributed by atoms with Gasteiger partial charge in [0.15, 0.2) is 10.8 Å². The topological polar surface area (TPSA) is 92.2 Å². The summed E-state index contributed by atoms with van der Waals surface area (Å²) >= 11 is 5.53. The summed E-state index contributed by atoms with van der Waals surface area (Å²) in [6, 6.07) is 2.91. The van der Waals surface area contributed by atoms with Gasteiger partial charge >= 0.3 is 5.97 Å². The molecule has 0 fully saturated rings. The van der Waals surface area contributed by atoms with Crippen LogP contribution < -0.4 is 5.32 Å². The normalized spacial score (nSPS) is 11.9. The maximum atomic E-state index is 11.5. The highest BCUT2D eigenvalue weighted by Gasteiger charge is 2.11. The standard InChI is InChI=1S/C10H12ClN3O3/c1-6(4-9(15)16)5-12-10(17)7-2-3-8(11)14-13-7/h2-3,6H,4-5H2,1H3,(H,12,17)(H,15,16). The van der Waals surface area contributed by atoms with Gasteiger partial charge in [0.1, 0.15) is 0 Å². The summed E-state index contributed by atoms with van der Waals surface area (Å²) in [5.74, 6) is -1.43. The van der Waals surface area contributed by atoms with E-state index in [0.29, 0.717) is 0 Å². The molecule has 0 aliphatic heterocycles. The van der Waals surface area contributed by atoms with E-state index in [2.05, 4.69) is 15.5 Å². The van der Waals surface area contributed by atoms with Gasteiger partial charge in [0.25, 0.3) is 5.91 Å². The van der Waals surface area contributed by atoms with Crippen LogP contribution in [-0.4, -0.2) is 33.7 Å². The highest BCUT2D eigenvalue weighted by Crippen LogP contribution is 2.03. The van der Waals surface area contributed by atoms with Gasteiger partial charge in [-0.2, -0.15) is 0 Å². The Labute approximate surface area is 103 Å². The maximum Gasteiger partial charge on any atom is 0.303 e. The van der Waals surface area contributed by atoms with E-state index in [1.807, 2.05) is 0 Å². The average molecular weight is 258 g/mol. The van der Waals surface area contributed by atoms with E-state index in [4.69, 9.17) is 16.7 Å². The number of carbonyl (C=O) groups excluding carboxylic acids is 1. The van der Waals surface area contributed by atoms with Crippen LogP contribution in [0.5, 0.6) is 0 Å². The predicted molar refractivity (Wildman–Crippen MR) is 60.8 cm³/mol. The first-order chi connectivity index (χ1) is 7.99. The second-order valence-corrected chi connectivity index (χ2v) is 4.04. The molecule has 0 saturated carbocycles. The third kappa shape index (κ3) is 4.78. The lowest BCUT2D eigenvalue weighted by molar-refractivity contribution is -0.137. The fraction of sp³-hybridized carbons (Fsp3) is 0.400. The van der Waals surface area contributed by atoms with Gasteiger partial charge in [-0.1, -0.05) is 18.5 Å². The highest BCUT2D eigenvalue weighted by molar-refractivity contribution is 6.29. The Morgan fingerprint density at radius 3 is 2.71 bits per heavy atom. The Kier molecular flexibility index (Phi) is 4.84. The minimum atomic E-state index is -0.891.